The van der Waals surface area contributed by atoms with Gasteiger partial charge in [0.05, 0.1) is 12.1 Å². The fraction of sp³-hybridized carbons (Fsp3) is 0.375. The molecule has 1 amide bonds. The van der Waals surface area contributed by atoms with Crippen molar-refractivity contribution in [1.29, 1.82) is 0 Å². The lowest BCUT2D eigenvalue weighted by Gasteiger charge is -2.06. The minimum atomic E-state index is -0.119. The number of aromatic nitrogens is 6. The van der Waals surface area contributed by atoms with Gasteiger partial charge in [-0.2, -0.15) is 4.68 Å². The number of nitrogens with one attached hydrogen (secondary N) is 1. The average Bonchev–Trinajstić information content (AvgIpc) is 3.22. The molecular formula is C16H20N8OS. The second-order valence-corrected chi connectivity index (χ2v) is 7.15. The van der Waals surface area contributed by atoms with Crippen molar-refractivity contribution in [1.82, 2.24) is 35.3 Å². The topological polar surface area (TPSA) is 102 Å². The first-order chi connectivity index (χ1) is 12.5. The van der Waals surface area contributed by atoms with E-state index in [0.717, 1.165) is 29.2 Å². The molecule has 0 spiro atoms. The summed E-state index contributed by atoms with van der Waals surface area (Å²) in [7, 11) is 4.02. The van der Waals surface area contributed by atoms with E-state index in [9.17, 15) is 4.79 Å². The lowest BCUT2D eigenvalue weighted by Crippen LogP contribution is -2.14. The van der Waals surface area contributed by atoms with Crippen molar-refractivity contribution in [3.63, 3.8) is 0 Å². The molecule has 136 valence electrons. The zero-order chi connectivity index (χ0) is 18.5. The molecule has 2 aromatic heterocycles. The van der Waals surface area contributed by atoms with Crippen LogP contribution in [0, 0.1) is 6.92 Å². The van der Waals surface area contributed by atoms with Crippen molar-refractivity contribution in [2.75, 3.05) is 26.0 Å². The number of rotatable bonds is 7. The number of anilines is 1. The first-order valence-electron chi connectivity index (χ1n) is 8.12. The fourth-order valence-electron chi connectivity index (χ4n) is 2.30. The van der Waals surface area contributed by atoms with Crippen LogP contribution >= 0.6 is 11.3 Å². The highest BCUT2D eigenvalue weighted by molar-refractivity contribution is 7.15. The molecule has 0 aliphatic carbocycles. The van der Waals surface area contributed by atoms with Crippen LogP contribution in [-0.4, -0.2) is 61.9 Å². The molecule has 0 fully saturated rings. The van der Waals surface area contributed by atoms with E-state index in [0.29, 0.717) is 11.0 Å². The quantitative estimate of drug-likeness (QED) is 0.663. The van der Waals surface area contributed by atoms with Gasteiger partial charge in [0.1, 0.15) is 5.01 Å². The third-order valence-corrected chi connectivity index (χ3v) is 4.56. The number of carbonyl (C=O) groups is 1. The normalized spacial score (nSPS) is 11.1. The number of likely N-dealkylation sites (N-methyl/N-ethyl adjacent to an activating group) is 1. The molecule has 0 saturated heterocycles. The van der Waals surface area contributed by atoms with Gasteiger partial charge in [0.2, 0.25) is 11.0 Å². The Morgan fingerprint density at radius 3 is 2.62 bits per heavy atom. The molecule has 3 rings (SSSR count). The molecule has 26 heavy (non-hydrogen) atoms. The number of tetrazole rings is 1. The Morgan fingerprint density at radius 1 is 1.19 bits per heavy atom. The Balaban J connectivity index is 1.56. The van der Waals surface area contributed by atoms with Crippen LogP contribution in [0.15, 0.2) is 24.3 Å². The summed E-state index contributed by atoms with van der Waals surface area (Å²) >= 11 is 1.41. The molecular weight excluding hydrogens is 352 g/mol. The van der Waals surface area contributed by atoms with Crippen LogP contribution in [0.5, 0.6) is 0 Å². The summed E-state index contributed by atoms with van der Waals surface area (Å²) in [5, 5.41) is 23.8. The Hall–Kier alpha value is -2.72. The Labute approximate surface area is 155 Å². The molecule has 0 saturated carbocycles. The van der Waals surface area contributed by atoms with Crippen LogP contribution in [0.4, 0.5) is 5.13 Å². The first-order valence-corrected chi connectivity index (χ1v) is 8.94. The minimum absolute atomic E-state index is 0.119. The molecule has 0 atom stereocenters. The summed E-state index contributed by atoms with van der Waals surface area (Å²) in [6.45, 7) is 2.73. The highest BCUT2D eigenvalue weighted by Crippen LogP contribution is 2.16. The van der Waals surface area contributed by atoms with E-state index in [4.69, 9.17) is 0 Å². The molecule has 9 nitrogen and oxygen atoms in total. The van der Waals surface area contributed by atoms with Crippen LogP contribution in [0.1, 0.15) is 16.4 Å². The van der Waals surface area contributed by atoms with Gasteiger partial charge in [-0.1, -0.05) is 23.5 Å². The van der Waals surface area contributed by atoms with Gasteiger partial charge in [-0.05, 0) is 49.1 Å². The SMILES string of the molecule is Cc1nnnn1-c1ccc(CC(=O)Nc2nnc(CCN(C)C)s2)cc1. The van der Waals surface area contributed by atoms with Gasteiger partial charge in [-0.3, -0.25) is 4.79 Å². The number of hydrogen-bond donors (Lipinski definition) is 1. The van der Waals surface area contributed by atoms with Gasteiger partial charge in [-0.25, -0.2) is 0 Å². The summed E-state index contributed by atoms with van der Waals surface area (Å²) in [5.74, 6) is 0.587. The summed E-state index contributed by atoms with van der Waals surface area (Å²) in [6, 6.07) is 7.55. The van der Waals surface area contributed by atoms with Gasteiger partial charge >= 0.3 is 0 Å². The maximum atomic E-state index is 12.2. The standard InChI is InChI=1S/C16H20N8OS/c1-11-18-21-22-24(11)13-6-4-12(5-7-13)10-14(25)17-16-20-19-15(26-16)8-9-23(2)3/h4-7H,8-10H2,1-3H3,(H,17,20,25). The van der Waals surface area contributed by atoms with Crippen molar-refractivity contribution >= 4 is 22.4 Å². The van der Waals surface area contributed by atoms with E-state index in [2.05, 4.69) is 35.9 Å². The van der Waals surface area contributed by atoms with E-state index in [-0.39, 0.29) is 12.3 Å². The van der Waals surface area contributed by atoms with Crippen molar-refractivity contribution in [2.45, 2.75) is 19.8 Å². The van der Waals surface area contributed by atoms with Crippen LogP contribution < -0.4 is 5.32 Å². The van der Waals surface area contributed by atoms with Crippen LogP contribution in [0.25, 0.3) is 5.69 Å². The first kappa shape index (κ1) is 18.1. The van der Waals surface area contributed by atoms with Gasteiger partial charge < -0.3 is 10.2 Å². The second-order valence-electron chi connectivity index (χ2n) is 6.08. The average molecular weight is 372 g/mol. The number of aryl methyl sites for hydroxylation is 1. The zero-order valence-electron chi connectivity index (χ0n) is 14.9. The molecule has 1 aromatic carbocycles. The summed E-state index contributed by atoms with van der Waals surface area (Å²) in [6.07, 6.45) is 1.08. The third-order valence-electron chi connectivity index (χ3n) is 3.66. The summed E-state index contributed by atoms with van der Waals surface area (Å²) < 4.78 is 1.64. The molecule has 1 N–H and O–H groups in total. The molecule has 3 aromatic rings. The minimum Gasteiger partial charge on any atom is -0.309 e. The third kappa shape index (κ3) is 4.67. The van der Waals surface area contributed by atoms with Crippen LogP contribution in [0.2, 0.25) is 0 Å². The van der Waals surface area contributed by atoms with Gasteiger partial charge in [-0.15, -0.1) is 15.3 Å². The monoisotopic (exact) mass is 372 g/mol. The molecule has 10 heteroatoms. The molecule has 2 heterocycles. The van der Waals surface area contributed by atoms with Gasteiger partial charge in [0, 0.05) is 13.0 Å². The van der Waals surface area contributed by atoms with E-state index >= 15 is 0 Å². The predicted molar refractivity (Wildman–Crippen MR) is 98.4 cm³/mol. The van der Waals surface area contributed by atoms with Crippen LogP contribution in [0.3, 0.4) is 0 Å². The lowest BCUT2D eigenvalue weighted by atomic mass is 10.1. The van der Waals surface area contributed by atoms with Crippen molar-refractivity contribution in [2.24, 2.45) is 0 Å². The Kier molecular flexibility index (Phi) is 5.64. The van der Waals surface area contributed by atoms with E-state index in [1.165, 1.54) is 11.3 Å². The Bertz CT molecular complexity index is 871. The lowest BCUT2D eigenvalue weighted by molar-refractivity contribution is -0.115. The highest BCUT2D eigenvalue weighted by atomic mass is 32.1. The smallest absolute Gasteiger partial charge is 0.230 e. The number of nitrogens with zero attached hydrogens (tertiary/aromatic N) is 7. The zero-order valence-corrected chi connectivity index (χ0v) is 15.7. The van der Waals surface area contributed by atoms with Crippen molar-refractivity contribution in [3.05, 3.63) is 40.7 Å². The van der Waals surface area contributed by atoms with E-state index in [1.54, 1.807) is 4.68 Å². The number of carbonyl (C=O) groups excluding carboxylic acids is 1. The maximum absolute atomic E-state index is 12.2. The molecule has 0 aliphatic heterocycles. The molecule has 0 unspecified atom stereocenters. The largest absolute Gasteiger partial charge is 0.309 e. The summed E-state index contributed by atoms with van der Waals surface area (Å²) in [4.78, 5) is 14.3. The predicted octanol–water partition coefficient (Wildman–Crippen LogP) is 1.11. The Morgan fingerprint density at radius 2 is 1.96 bits per heavy atom. The van der Waals surface area contributed by atoms with Gasteiger partial charge in [0.15, 0.2) is 5.82 Å². The van der Waals surface area contributed by atoms with Crippen LogP contribution in [-0.2, 0) is 17.6 Å². The second kappa shape index (κ2) is 8.11. The number of benzene rings is 1. The van der Waals surface area contributed by atoms with Crippen molar-refractivity contribution in [3.8, 4) is 5.69 Å². The van der Waals surface area contributed by atoms with Crippen molar-refractivity contribution < 1.29 is 4.79 Å². The van der Waals surface area contributed by atoms with E-state index in [1.807, 2.05) is 45.3 Å². The van der Waals surface area contributed by atoms with E-state index < -0.39 is 0 Å². The fourth-order valence-corrected chi connectivity index (χ4v) is 3.04. The highest BCUT2D eigenvalue weighted by Gasteiger charge is 2.10. The summed E-state index contributed by atoms with van der Waals surface area (Å²) in [5.41, 5.74) is 1.75. The van der Waals surface area contributed by atoms with Gasteiger partial charge in [0.25, 0.3) is 0 Å². The number of amides is 1. The molecule has 0 aliphatic rings. The maximum Gasteiger partial charge on any atom is 0.230 e. The molecule has 0 bridgehead atoms. The molecule has 0 radical (unpaired) electrons. The number of hydrogen-bond acceptors (Lipinski definition) is 8.